The first kappa shape index (κ1) is 18.0. The van der Waals surface area contributed by atoms with Gasteiger partial charge in [0, 0.05) is 16.8 Å². The number of thiophene rings is 1. The van der Waals surface area contributed by atoms with Gasteiger partial charge in [-0.1, -0.05) is 54.5 Å². The van der Waals surface area contributed by atoms with Crippen LogP contribution in [0, 0.1) is 6.92 Å². The Bertz CT molecular complexity index is 991. The van der Waals surface area contributed by atoms with Crippen molar-refractivity contribution in [3.05, 3.63) is 81.9 Å². The number of aryl methyl sites for hydroxylation is 1. The minimum atomic E-state index is 0.136. The molecule has 1 aliphatic rings. The first-order chi connectivity index (χ1) is 13.2. The third-order valence-corrected chi connectivity index (χ3v) is 6.68. The average molecular weight is 376 g/mol. The van der Waals surface area contributed by atoms with Crippen LogP contribution < -0.4 is 5.32 Å². The molecule has 1 aliphatic carbocycles. The maximum Gasteiger partial charge on any atom is 0.203 e. The van der Waals surface area contributed by atoms with E-state index >= 15 is 0 Å². The zero-order valence-electron chi connectivity index (χ0n) is 15.8. The molecule has 0 unspecified atom stereocenters. The molecule has 0 radical (unpaired) electrons. The summed E-state index contributed by atoms with van der Waals surface area (Å²) < 4.78 is 1.18. The highest BCUT2D eigenvalue weighted by atomic mass is 32.1. The molecule has 0 saturated heterocycles. The highest BCUT2D eigenvalue weighted by molar-refractivity contribution is 7.21. The molecule has 4 rings (SSSR count). The normalized spacial score (nSPS) is 14.3. The standard InChI is InChI=1S/C24H25NOS/c1-17-20-12-7-8-14-22(20)27-24(17)23(26)21-13-6-5-11-19(21)16-25-15-18-9-3-2-4-10-18/h5-8,11-15,25H,2-4,9-10,16H2,1H3. The third-order valence-electron chi connectivity index (χ3n) is 5.41. The largest absolute Gasteiger partial charge is 0.387 e. The highest BCUT2D eigenvalue weighted by Gasteiger charge is 2.19. The Balaban J connectivity index is 1.58. The fourth-order valence-electron chi connectivity index (χ4n) is 3.86. The molecule has 1 N–H and O–H groups in total. The number of rotatable bonds is 5. The fraction of sp³-hybridized carbons (Fsp3) is 0.292. The minimum Gasteiger partial charge on any atom is -0.387 e. The first-order valence-electron chi connectivity index (χ1n) is 9.76. The second-order valence-corrected chi connectivity index (χ2v) is 8.33. The number of benzene rings is 2. The lowest BCUT2D eigenvalue weighted by atomic mass is 9.96. The van der Waals surface area contributed by atoms with Gasteiger partial charge >= 0.3 is 0 Å². The van der Waals surface area contributed by atoms with Crippen molar-refractivity contribution >= 4 is 27.2 Å². The lowest BCUT2D eigenvalue weighted by Crippen LogP contribution is -2.12. The molecular formula is C24H25NOS. The van der Waals surface area contributed by atoms with Crippen LogP contribution in [0.3, 0.4) is 0 Å². The molecule has 2 nitrogen and oxygen atoms in total. The number of fused-ring (bicyclic) bond motifs is 1. The van der Waals surface area contributed by atoms with Gasteiger partial charge in [-0.15, -0.1) is 11.3 Å². The highest BCUT2D eigenvalue weighted by Crippen LogP contribution is 2.32. The van der Waals surface area contributed by atoms with Crippen molar-refractivity contribution in [1.29, 1.82) is 0 Å². The van der Waals surface area contributed by atoms with Gasteiger partial charge in [0.15, 0.2) is 0 Å². The van der Waals surface area contributed by atoms with Crippen LogP contribution in [0.1, 0.15) is 58.5 Å². The number of nitrogens with one attached hydrogen (secondary N) is 1. The lowest BCUT2D eigenvalue weighted by molar-refractivity contribution is 0.104. The second kappa shape index (κ2) is 8.10. The van der Waals surface area contributed by atoms with E-state index in [1.54, 1.807) is 11.3 Å². The molecule has 3 aromatic rings. The molecule has 1 heterocycles. The summed E-state index contributed by atoms with van der Waals surface area (Å²) in [7, 11) is 0. The molecule has 138 valence electrons. The van der Waals surface area contributed by atoms with E-state index in [2.05, 4.69) is 36.6 Å². The van der Waals surface area contributed by atoms with Gasteiger partial charge in [-0.25, -0.2) is 0 Å². The molecule has 3 heteroatoms. The maximum absolute atomic E-state index is 13.3. The monoisotopic (exact) mass is 375 g/mol. The summed E-state index contributed by atoms with van der Waals surface area (Å²) in [4.78, 5) is 14.1. The summed E-state index contributed by atoms with van der Waals surface area (Å²) >= 11 is 1.60. The predicted molar refractivity (Wildman–Crippen MR) is 114 cm³/mol. The molecule has 0 amide bonds. The van der Waals surface area contributed by atoms with Gasteiger partial charge in [0.2, 0.25) is 5.78 Å². The summed E-state index contributed by atoms with van der Waals surface area (Å²) in [6, 6.07) is 16.2. The molecule has 1 aromatic heterocycles. The zero-order chi connectivity index (χ0) is 18.6. The number of carbonyl (C=O) groups excluding carboxylic acids is 1. The molecular weight excluding hydrogens is 350 g/mol. The Labute approximate surface area is 164 Å². The van der Waals surface area contributed by atoms with Crippen LogP contribution in [0.4, 0.5) is 0 Å². The van der Waals surface area contributed by atoms with E-state index in [-0.39, 0.29) is 5.78 Å². The molecule has 0 atom stereocenters. The van der Waals surface area contributed by atoms with Crippen LogP contribution in [-0.2, 0) is 6.54 Å². The predicted octanol–water partition coefficient (Wildman–Crippen LogP) is 6.38. The Hall–Kier alpha value is -2.39. The Morgan fingerprint density at radius 2 is 1.78 bits per heavy atom. The van der Waals surface area contributed by atoms with Crippen LogP contribution >= 0.6 is 11.3 Å². The SMILES string of the molecule is Cc1c(C(=O)c2ccccc2CNC=C2CCCCC2)sc2ccccc12. The summed E-state index contributed by atoms with van der Waals surface area (Å²) in [5.74, 6) is 0.136. The van der Waals surface area contributed by atoms with Crippen molar-refractivity contribution in [3.63, 3.8) is 0 Å². The summed E-state index contributed by atoms with van der Waals surface area (Å²) in [5, 5.41) is 4.63. The fourth-order valence-corrected chi connectivity index (χ4v) is 5.03. The number of ketones is 1. The van der Waals surface area contributed by atoms with E-state index in [1.165, 1.54) is 47.8 Å². The van der Waals surface area contributed by atoms with E-state index in [9.17, 15) is 4.79 Å². The van der Waals surface area contributed by atoms with Crippen molar-refractivity contribution in [2.45, 2.75) is 45.6 Å². The summed E-state index contributed by atoms with van der Waals surface area (Å²) in [6.45, 7) is 2.75. The lowest BCUT2D eigenvalue weighted by Gasteiger charge is -2.14. The van der Waals surface area contributed by atoms with Crippen molar-refractivity contribution in [2.75, 3.05) is 0 Å². The average Bonchev–Trinajstić information content (AvgIpc) is 3.06. The van der Waals surface area contributed by atoms with Crippen LogP contribution in [0.2, 0.25) is 0 Å². The Kier molecular flexibility index (Phi) is 5.40. The van der Waals surface area contributed by atoms with Gasteiger partial charge in [-0.3, -0.25) is 4.79 Å². The Morgan fingerprint density at radius 3 is 2.59 bits per heavy atom. The molecule has 1 saturated carbocycles. The number of hydrogen-bond donors (Lipinski definition) is 1. The summed E-state index contributed by atoms with van der Waals surface area (Å²) in [6.07, 6.45) is 8.53. The van der Waals surface area contributed by atoms with Gasteiger partial charge in [0.25, 0.3) is 0 Å². The van der Waals surface area contributed by atoms with E-state index in [1.807, 2.05) is 30.3 Å². The van der Waals surface area contributed by atoms with Gasteiger partial charge < -0.3 is 5.32 Å². The molecule has 0 aliphatic heterocycles. The third kappa shape index (κ3) is 3.84. The quantitative estimate of drug-likeness (QED) is 0.524. The minimum absolute atomic E-state index is 0.136. The van der Waals surface area contributed by atoms with Gasteiger partial charge in [0.1, 0.15) is 0 Å². The van der Waals surface area contributed by atoms with Gasteiger partial charge in [-0.05, 0) is 61.4 Å². The molecule has 0 spiro atoms. The van der Waals surface area contributed by atoms with Crippen LogP contribution in [0.25, 0.3) is 10.1 Å². The van der Waals surface area contributed by atoms with Crippen molar-refractivity contribution in [3.8, 4) is 0 Å². The van der Waals surface area contributed by atoms with Crippen molar-refractivity contribution < 1.29 is 4.79 Å². The topological polar surface area (TPSA) is 29.1 Å². The van der Waals surface area contributed by atoms with Crippen LogP contribution in [-0.4, -0.2) is 5.78 Å². The molecule has 2 aromatic carbocycles. The van der Waals surface area contributed by atoms with E-state index in [4.69, 9.17) is 0 Å². The van der Waals surface area contributed by atoms with Crippen LogP contribution in [0.15, 0.2) is 60.3 Å². The number of allylic oxidation sites excluding steroid dienone is 1. The summed E-state index contributed by atoms with van der Waals surface area (Å²) in [5.41, 5.74) is 4.46. The number of carbonyl (C=O) groups is 1. The maximum atomic E-state index is 13.3. The molecule has 27 heavy (non-hydrogen) atoms. The van der Waals surface area contributed by atoms with Gasteiger partial charge in [0.05, 0.1) is 4.88 Å². The van der Waals surface area contributed by atoms with E-state index < -0.39 is 0 Å². The van der Waals surface area contributed by atoms with Crippen LogP contribution in [0.5, 0.6) is 0 Å². The van der Waals surface area contributed by atoms with Crippen molar-refractivity contribution in [2.24, 2.45) is 0 Å². The molecule has 0 bridgehead atoms. The molecule has 1 fully saturated rings. The Morgan fingerprint density at radius 1 is 1.04 bits per heavy atom. The van der Waals surface area contributed by atoms with E-state index in [0.717, 1.165) is 21.6 Å². The zero-order valence-corrected chi connectivity index (χ0v) is 16.6. The van der Waals surface area contributed by atoms with Gasteiger partial charge in [-0.2, -0.15) is 0 Å². The first-order valence-corrected chi connectivity index (χ1v) is 10.6. The van der Waals surface area contributed by atoms with Crippen molar-refractivity contribution in [1.82, 2.24) is 5.32 Å². The smallest absolute Gasteiger partial charge is 0.203 e. The van der Waals surface area contributed by atoms with E-state index in [0.29, 0.717) is 6.54 Å². The number of hydrogen-bond acceptors (Lipinski definition) is 3. The second-order valence-electron chi connectivity index (χ2n) is 7.28.